The first-order valence-electron chi connectivity index (χ1n) is 5.63. The number of halogens is 1. The van der Waals surface area contributed by atoms with E-state index in [1.54, 1.807) is 0 Å². The van der Waals surface area contributed by atoms with Crippen LogP contribution >= 0.6 is 0 Å². The van der Waals surface area contributed by atoms with Gasteiger partial charge in [0.1, 0.15) is 17.2 Å². The van der Waals surface area contributed by atoms with Gasteiger partial charge in [-0.05, 0) is 18.6 Å². The molecular formula is C12H14FN3O. The molecule has 17 heavy (non-hydrogen) atoms. The van der Waals surface area contributed by atoms with Crippen molar-refractivity contribution in [3.05, 3.63) is 36.0 Å². The molecule has 0 aromatic carbocycles. The van der Waals surface area contributed by atoms with Gasteiger partial charge in [-0.25, -0.2) is 9.37 Å². The second-order valence-corrected chi connectivity index (χ2v) is 3.85. The van der Waals surface area contributed by atoms with Gasteiger partial charge in [-0.15, -0.1) is 0 Å². The number of amides is 1. The van der Waals surface area contributed by atoms with E-state index in [-0.39, 0.29) is 11.7 Å². The van der Waals surface area contributed by atoms with Crippen molar-refractivity contribution in [1.29, 1.82) is 0 Å². The summed E-state index contributed by atoms with van der Waals surface area (Å²) in [6.07, 6.45) is 4.79. The number of hydrogen-bond acceptors (Lipinski definition) is 2. The molecule has 0 bridgehead atoms. The van der Waals surface area contributed by atoms with Gasteiger partial charge in [0.25, 0.3) is 5.91 Å². The van der Waals surface area contributed by atoms with E-state index >= 15 is 0 Å². The number of carbonyl (C=O) groups excluding carboxylic acids is 1. The van der Waals surface area contributed by atoms with Crippen LogP contribution < -0.4 is 5.32 Å². The number of pyridine rings is 1. The topological polar surface area (TPSA) is 46.4 Å². The molecule has 0 fully saturated rings. The van der Waals surface area contributed by atoms with Crippen molar-refractivity contribution in [2.24, 2.45) is 0 Å². The highest BCUT2D eigenvalue weighted by Gasteiger charge is 2.09. The number of hydrogen-bond donors (Lipinski definition) is 1. The molecule has 0 atom stereocenters. The van der Waals surface area contributed by atoms with Gasteiger partial charge in [0.05, 0.1) is 0 Å². The van der Waals surface area contributed by atoms with E-state index in [0.29, 0.717) is 17.9 Å². The van der Waals surface area contributed by atoms with E-state index in [1.165, 1.54) is 28.9 Å². The Morgan fingerprint density at radius 3 is 3.06 bits per heavy atom. The fraction of sp³-hybridized carbons (Fsp3) is 0.333. The third-order valence-corrected chi connectivity index (χ3v) is 2.46. The maximum atomic E-state index is 12.9. The minimum Gasteiger partial charge on any atom is -0.351 e. The normalized spacial score (nSPS) is 10.7. The molecule has 90 valence electrons. The number of carbonyl (C=O) groups is 1. The highest BCUT2D eigenvalue weighted by Crippen LogP contribution is 2.06. The first kappa shape index (κ1) is 11.6. The Kier molecular flexibility index (Phi) is 3.37. The Balaban J connectivity index is 2.15. The Morgan fingerprint density at radius 1 is 1.47 bits per heavy atom. The van der Waals surface area contributed by atoms with Gasteiger partial charge in [-0.2, -0.15) is 0 Å². The van der Waals surface area contributed by atoms with Crippen LogP contribution in [0.2, 0.25) is 0 Å². The zero-order valence-electron chi connectivity index (χ0n) is 9.61. The van der Waals surface area contributed by atoms with Gasteiger partial charge in [-0.1, -0.05) is 13.3 Å². The molecule has 0 aliphatic heterocycles. The maximum Gasteiger partial charge on any atom is 0.271 e. The van der Waals surface area contributed by atoms with Gasteiger partial charge in [0.15, 0.2) is 0 Å². The van der Waals surface area contributed by atoms with Crippen LogP contribution in [0.15, 0.2) is 24.5 Å². The highest BCUT2D eigenvalue weighted by molar-refractivity contribution is 5.92. The Bertz CT molecular complexity index is 536. The average molecular weight is 235 g/mol. The van der Waals surface area contributed by atoms with E-state index in [4.69, 9.17) is 0 Å². The lowest BCUT2D eigenvalue weighted by atomic mass is 10.3. The molecule has 0 saturated heterocycles. The number of unbranched alkanes of at least 4 members (excludes halogenated alkanes) is 1. The molecule has 0 spiro atoms. The van der Waals surface area contributed by atoms with E-state index in [1.807, 2.05) is 0 Å². The zero-order chi connectivity index (χ0) is 12.3. The largest absolute Gasteiger partial charge is 0.351 e. The molecular weight excluding hydrogens is 221 g/mol. The quantitative estimate of drug-likeness (QED) is 0.824. The molecule has 0 radical (unpaired) electrons. The fourth-order valence-corrected chi connectivity index (χ4v) is 1.54. The zero-order valence-corrected chi connectivity index (χ0v) is 9.61. The summed E-state index contributed by atoms with van der Waals surface area (Å²) >= 11 is 0. The van der Waals surface area contributed by atoms with Crippen LogP contribution in [0.5, 0.6) is 0 Å². The molecule has 1 amide bonds. The molecule has 5 heteroatoms. The minimum atomic E-state index is -0.354. The number of imidazole rings is 1. The Hall–Kier alpha value is -1.91. The molecule has 2 aromatic rings. The van der Waals surface area contributed by atoms with Crippen LogP contribution in [0.4, 0.5) is 4.39 Å². The van der Waals surface area contributed by atoms with E-state index < -0.39 is 0 Å². The molecule has 0 aliphatic carbocycles. The van der Waals surface area contributed by atoms with Crippen LogP contribution in [0.25, 0.3) is 5.65 Å². The van der Waals surface area contributed by atoms with Gasteiger partial charge >= 0.3 is 0 Å². The molecule has 0 unspecified atom stereocenters. The van der Waals surface area contributed by atoms with E-state index in [0.717, 1.165) is 12.8 Å². The van der Waals surface area contributed by atoms with Crippen molar-refractivity contribution in [1.82, 2.24) is 14.7 Å². The third-order valence-electron chi connectivity index (χ3n) is 2.46. The van der Waals surface area contributed by atoms with Gasteiger partial charge in [-0.3, -0.25) is 4.79 Å². The summed E-state index contributed by atoms with van der Waals surface area (Å²) in [5.41, 5.74) is 0.874. The summed E-state index contributed by atoms with van der Waals surface area (Å²) in [6.45, 7) is 2.69. The number of nitrogens with zero attached hydrogens (tertiary/aromatic N) is 2. The maximum absolute atomic E-state index is 12.9. The van der Waals surface area contributed by atoms with Gasteiger partial charge < -0.3 is 9.72 Å². The number of rotatable bonds is 4. The number of nitrogens with one attached hydrogen (secondary N) is 1. The number of aromatic nitrogens is 2. The molecule has 0 aliphatic rings. The van der Waals surface area contributed by atoms with Crippen LogP contribution in [-0.2, 0) is 0 Å². The summed E-state index contributed by atoms with van der Waals surface area (Å²) < 4.78 is 14.5. The fourth-order valence-electron chi connectivity index (χ4n) is 1.54. The molecule has 2 rings (SSSR count). The van der Waals surface area contributed by atoms with Crippen molar-refractivity contribution >= 4 is 11.6 Å². The summed E-state index contributed by atoms with van der Waals surface area (Å²) in [5, 5.41) is 2.77. The van der Waals surface area contributed by atoms with E-state index in [2.05, 4.69) is 17.2 Å². The predicted molar refractivity (Wildman–Crippen MR) is 62.4 cm³/mol. The SMILES string of the molecule is CCCCNC(=O)c1cn2cc(F)ccc2n1. The Labute approximate surface area is 98.5 Å². The Morgan fingerprint density at radius 2 is 2.29 bits per heavy atom. The first-order chi connectivity index (χ1) is 8.20. The molecule has 0 saturated carbocycles. The highest BCUT2D eigenvalue weighted by atomic mass is 19.1. The van der Waals surface area contributed by atoms with Gasteiger partial charge in [0, 0.05) is 18.9 Å². The minimum absolute atomic E-state index is 0.220. The van der Waals surface area contributed by atoms with Crippen LogP contribution in [0.3, 0.4) is 0 Å². The molecule has 2 aromatic heterocycles. The van der Waals surface area contributed by atoms with E-state index in [9.17, 15) is 9.18 Å². The standard InChI is InChI=1S/C12H14FN3O/c1-2-3-6-14-12(17)10-8-16-7-9(13)4-5-11(16)15-10/h4-5,7-8H,2-3,6H2,1H3,(H,14,17). The lowest BCUT2D eigenvalue weighted by Crippen LogP contribution is -2.24. The molecule has 2 heterocycles. The van der Waals surface area contributed by atoms with Crippen molar-refractivity contribution < 1.29 is 9.18 Å². The average Bonchev–Trinajstić information content (AvgIpc) is 2.72. The van der Waals surface area contributed by atoms with Crippen molar-refractivity contribution in [2.45, 2.75) is 19.8 Å². The van der Waals surface area contributed by atoms with Crippen molar-refractivity contribution in [3.8, 4) is 0 Å². The first-order valence-corrected chi connectivity index (χ1v) is 5.63. The van der Waals surface area contributed by atoms with Crippen LogP contribution in [-0.4, -0.2) is 21.8 Å². The summed E-state index contributed by atoms with van der Waals surface area (Å²) in [6, 6.07) is 2.86. The number of fused-ring (bicyclic) bond motifs is 1. The third kappa shape index (κ3) is 2.61. The van der Waals surface area contributed by atoms with Crippen LogP contribution in [0, 0.1) is 5.82 Å². The lowest BCUT2D eigenvalue weighted by Gasteiger charge is -1.99. The predicted octanol–water partition coefficient (Wildman–Crippen LogP) is 2.00. The monoisotopic (exact) mass is 235 g/mol. The summed E-state index contributed by atoms with van der Waals surface area (Å²) in [7, 11) is 0. The second kappa shape index (κ2) is 4.95. The molecule has 1 N–H and O–H groups in total. The second-order valence-electron chi connectivity index (χ2n) is 3.85. The summed E-state index contributed by atoms with van der Waals surface area (Å²) in [5.74, 6) is -0.574. The van der Waals surface area contributed by atoms with Crippen LogP contribution in [0.1, 0.15) is 30.3 Å². The molecule has 4 nitrogen and oxygen atoms in total. The van der Waals surface area contributed by atoms with Gasteiger partial charge in [0.2, 0.25) is 0 Å². The van der Waals surface area contributed by atoms with Crippen molar-refractivity contribution in [2.75, 3.05) is 6.54 Å². The van der Waals surface area contributed by atoms with Crippen molar-refractivity contribution in [3.63, 3.8) is 0 Å². The smallest absolute Gasteiger partial charge is 0.271 e. The summed E-state index contributed by atoms with van der Waals surface area (Å²) in [4.78, 5) is 15.8. The lowest BCUT2D eigenvalue weighted by molar-refractivity contribution is 0.0949.